The van der Waals surface area contributed by atoms with E-state index in [1.807, 2.05) is 0 Å². The number of carbonyl (C=O) groups is 4. The Hall–Kier alpha value is -1.94. The second-order valence-electron chi connectivity index (χ2n) is 24.3. The fraction of sp³-hybridized carbons (Fsp3) is 0.939. The van der Waals surface area contributed by atoms with Gasteiger partial charge in [-0.15, -0.1) is 0 Å². The fourth-order valence-electron chi connectivity index (χ4n) is 9.94. The van der Waals surface area contributed by atoms with Gasteiger partial charge in [-0.3, -0.25) is 37.3 Å². The summed E-state index contributed by atoms with van der Waals surface area (Å²) in [6.45, 7) is 7.03. The van der Waals surface area contributed by atoms with Crippen LogP contribution in [-0.2, 0) is 65.4 Å². The number of esters is 4. The second kappa shape index (κ2) is 59.7. The highest BCUT2D eigenvalue weighted by Crippen LogP contribution is 2.45. The summed E-state index contributed by atoms with van der Waals surface area (Å²) in [5.74, 6) is -1.47. The number of unbranched alkanes of at least 4 members (excludes halogenated alkanes) is 38. The molecule has 3 N–H and O–H groups in total. The molecule has 0 heterocycles. The van der Waals surface area contributed by atoms with Crippen molar-refractivity contribution in [2.24, 2.45) is 5.92 Å². The minimum atomic E-state index is -4.94. The summed E-state index contributed by atoms with van der Waals surface area (Å²) in [5.41, 5.74) is 0. The van der Waals surface area contributed by atoms with Crippen LogP contribution in [0.5, 0.6) is 0 Å². The first-order valence-corrected chi connectivity index (χ1v) is 37.6. The molecule has 0 radical (unpaired) electrons. The van der Waals surface area contributed by atoms with Gasteiger partial charge >= 0.3 is 39.5 Å². The lowest BCUT2D eigenvalue weighted by Crippen LogP contribution is -2.30. The molecule has 2 unspecified atom stereocenters. The van der Waals surface area contributed by atoms with Gasteiger partial charge in [-0.05, 0) is 31.6 Å². The number of rotatable bonds is 66. The highest BCUT2D eigenvalue weighted by Gasteiger charge is 2.30. The zero-order valence-corrected chi connectivity index (χ0v) is 56.5. The normalized spacial score (nSPS) is 14.2. The summed E-state index contributed by atoms with van der Waals surface area (Å²) in [6.07, 6.45) is 45.1. The first-order chi connectivity index (χ1) is 41.0. The third-order valence-electron chi connectivity index (χ3n) is 15.3. The van der Waals surface area contributed by atoms with Crippen molar-refractivity contribution in [1.29, 1.82) is 0 Å². The predicted molar refractivity (Wildman–Crippen MR) is 340 cm³/mol. The van der Waals surface area contributed by atoms with Gasteiger partial charge in [0.15, 0.2) is 12.2 Å². The van der Waals surface area contributed by atoms with Gasteiger partial charge in [0, 0.05) is 25.7 Å². The SMILES string of the molecule is CCCCCCCCCCCCCCCCCCCCCC(=O)O[C@H](COC(=O)CCCCCCCCCCCCCC)COP(=O)(O)OC[C@@H](O)COP(=O)(O)OC[C@@H](COC(=O)CCCCCCC)OC(=O)CCCCCCCCC(C)C. The van der Waals surface area contributed by atoms with Crippen molar-refractivity contribution in [2.45, 2.75) is 355 Å². The Morgan fingerprint density at radius 2 is 0.541 bits per heavy atom. The molecule has 0 aromatic rings. The Morgan fingerprint density at radius 3 is 0.800 bits per heavy atom. The average Bonchev–Trinajstić information content (AvgIpc) is 3.62. The molecule has 19 heteroatoms. The van der Waals surface area contributed by atoms with E-state index in [1.165, 1.54) is 154 Å². The van der Waals surface area contributed by atoms with Crippen molar-refractivity contribution in [3.8, 4) is 0 Å². The average molecular weight is 1260 g/mol. The third-order valence-corrected chi connectivity index (χ3v) is 17.2. The zero-order valence-electron chi connectivity index (χ0n) is 54.7. The van der Waals surface area contributed by atoms with Gasteiger partial charge in [-0.2, -0.15) is 0 Å². The molecule has 85 heavy (non-hydrogen) atoms. The van der Waals surface area contributed by atoms with Crippen molar-refractivity contribution >= 4 is 39.5 Å². The molecule has 0 aliphatic heterocycles. The maximum Gasteiger partial charge on any atom is 0.472 e. The number of hydrogen-bond donors (Lipinski definition) is 3. The quantitative estimate of drug-likeness (QED) is 0.0222. The van der Waals surface area contributed by atoms with E-state index in [1.54, 1.807) is 0 Å². The Bertz CT molecular complexity index is 1650. The van der Waals surface area contributed by atoms with E-state index >= 15 is 0 Å². The lowest BCUT2D eigenvalue weighted by molar-refractivity contribution is -0.161. The number of aliphatic hydroxyl groups excluding tert-OH is 1. The van der Waals surface area contributed by atoms with Crippen LogP contribution in [-0.4, -0.2) is 96.7 Å². The number of carbonyl (C=O) groups excluding carboxylic acids is 4. The highest BCUT2D eigenvalue weighted by molar-refractivity contribution is 7.47. The molecule has 0 saturated carbocycles. The van der Waals surface area contributed by atoms with Gasteiger partial charge in [0.1, 0.15) is 19.3 Å². The van der Waals surface area contributed by atoms with Gasteiger partial charge in [0.2, 0.25) is 0 Å². The molecule has 0 saturated heterocycles. The van der Waals surface area contributed by atoms with E-state index in [0.717, 1.165) is 96.3 Å². The van der Waals surface area contributed by atoms with E-state index in [0.29, 0.717) is 31.6 Å². The zero-order chi connectivity index (χ0) is 62.8. The molecule has 5 atom stereocenters. The van der Waals surface area contributed by atoms with E-state index < -0.39 is 97.5 Å². The van der Waals surface area contributed by atoms with Crippen molar-refractivity contribution in [1.82, 2.24) is 0 Å². The van der Waals surface area contributed by atoms with E-state index in [4.69, 9.17) is 37.0 Å². The summed E-state index contributed by atoms with van der Waals surface area (Å²) in [6, 6.07) is 0. The number of ether oxygens (including phenoxy) is 4. The van der Waals surface area contributed by atoms with Crippen LogP contribution in [0.25, 0.3) is 0 Å². The Morgan fingerprint density at radius 1 is 0.318 bits per heavy atom. The van der Waals surface area contributed by atoms with E-state index in [2.05, 4.69) is 34.6 Å². The van der Waals surface area contributed by atoms with Crippen molar-refractivity contribution in [3.63, 3.8) is 0 Å². The summed E-state index contributed by atoms with van der Waals surface area (Å²) in [5, 5.41) is 10.5. The minimum Gasteiger partial charge on any atom is -0.462 e. The Kier molecular flexibility index (Phi) is 58.3. The van der Waals surface area contributed by atoms with Gasteiger partial charge in [-0.1, -0.05) is 285 Å². The van der Waals surface area contributed by atoms with Crippen LogP contribution in [0, 0.1) is 5.92 Å². The fourth-order valence-corrected chi connectivity index (χ4v) is 11.5. The Balaban J connectivity index is 5.12. The third kappa shape index (κ3) is 60.7. The van der Waals surface area contributed by atoms with Crippen molar-refractivity contribution in [3.05, 3.63) is 0 Å². The number of phosphoric acid groups is 2. The van der Waals surface area contributed by atoms with Crippen molar-refractivity contribution in [2.75, 3.05) is 39.6 Å². The molecular weight excluding hydrogens is 1130 g/mol. The van der Waals surface area contributed by atoms with Crippen LogP contribution in [0.4, 0.5) is 0 Å². The molecule has 0 bridgehead atoms. The standard InChI is InChI=1S/C66H128O17P2/c1-6-9-12-15-17-19-21-23-24-25-26-27-28-29-31-33-35-41-46-51-65(70)82-62(56-77-64(69)50-45-40-34-32-30-22-20-18-16-13-10-7-2)58-81-85(74,75)79-54-60(67)53-78-84(72,73)80-57-61(55-76-63(68)49-44-38-14-11-8-3)83-66(71)52-47-42-37-36-39-43-48-59(4)5/h59-62,67H,6-58H2,1-5H3,(H,72,73)(H,74,75)/t60-,61+,62+/m0/s1. The van der Waals surface area contributed by atoms with Gasteiger partial charge in [0.25, 0.3) is 0 Å². The summed E-state index contributed by atoms with van der Waals surface area (Å²) in [4.78, 5) is 72.0. The maximum absolute atomic E-state index is 13.0. The molecule has 0 rings (SSSR count). The lowest BCUT2D eigenvalue weighted by atomic mass is 10.0. The first-order valence-electron chi connectivity index (χ1n) is 34.6. The molecule has 0 amide bonds. The topological polar surface area (TPSA) is 237 Å². The molecular formula is C66H128O17P2. The molecule has 504 valence electrons. The van der Waals surface area contributed by atoms with Gasteiger partial charge in [-0.25, -0.2) is 9.13 Å². The second-order valence-corrected chi connectivity index (χ2v) is 27.2. The monoisotopic (exact) mass is 1250 g/mol. The van der Waals surface area contributed by atoms with Crippen molar-refractivity contribution < 1.29 is 80.2 Å². The molecule has 0 aromatic heterocycles. The number of hydrogen-bond acceptors (Lipinski definition) is 15. The van der Waals surface area contributed by atoms with E-state index in [9.17, 15) is 43.2 Å². The molecule has 0 aromatic carbocycles. The van der Waals surface area contributed by atoms with Crippen LogP contribution in [0.1, 0.15) is 336 Å². The maximum atomic E-state index is 13.0. The van der Waals surface area contributed by atoms with E-state index in [-0.39, 0.29) is 25.7 Å². The van der Waals surface area contributed by atoms with Crippen LogP contribution >= 0.6 is 15.6 Å². The minimum absolute atomic E-state index is 0.101. The van der Waals surface area contributed by atoms with Crippen LogP contribution in [0.2, 0.25) is 0 Å². The highest BCUT2D eigenvalue weighted by atomic mass is 31.2. The van der Waals surface area contributed by atoms with Gasteiger partial charge < -0.3 is 33.8 Å². The summed E-state index contributed by atoms with van der Waals surface area (Å²) < 4.78 is 67.8. The van der Waals surface area contributed by atoms with Crippen LogP contribution < -0.4 is 0 Å². The smallest absolute Gasteiger partial charge is 0.462 e. The molecule has 17 nitrogen and oxygen atoms in total. The van der Waals surface area contributed by atoms with Gasteiger partial charge in [0.05, 0.1) is 26.4 Å². The van der Waals surface area contributed by atoms with Crippen LogP contribution in [0.3, 0.4) is 0 Å². The molecule has 0 aliphatic carbocycles. The molecule has 0 fully saturated rings. The predicted octanol–water partition coefficient (Wildman–Crippen LogP) is 18.6. The number of phosphoric ester groups is 2. The summed E-state index contributed by atoms with van der Waals surface area (Å²) in [7, 11) is -9.88. The Labute approximate surface area is 517 Å². The lowest BCUT2D eigenvalue weighted by Gasteiger charge is -2.21. The molecule has 0 aliphatic rings. The largest absolute Gasteiger partial charge is 0.472 e. The molecule has 0 spiro atoms. The first kappa shape index (κ1) is 83.1. The summed E-state index contributed by atoms with van der Waals surface area (Å²) >= 11 is 0. The number of aliphatic hydroxyl groups is 1. The van der Waals surface area contributed by atoms with Crippen LogP contribution in [0.15, 0.2) is 0 Å².